The molecule has 0 bridgehead atoms. The third-order valence-corrected chi connectivity index (χ3v) is 6.74. The summed E-state index contributed by atoms with van der Waals surface area (Å²) in [4.78, 5) is 16.6. The molecule has 27 heavy (non-hydrogen) atoms. The third kappa shape index (κ3) is 2.91. The first-order chi connectivity index (χ1) is 13.3. The molecule has 2 N–H and O–H groups in total. The summed E-state index contributed by atoms with van der Waals surface area (Å²) in [5.41, 5.74) is 3.80. The average Bonchev–Trinajstić information content (AvgIpc) is 3.30. The van der Waals surface area contributed by atoms with E-state index in [-0.39, 0.29) is 5.54 Å². The lowest BCUT2D eigenvalue weighted by atomic mass is 9.83. The Morgan fingerprint density at radius 3 is 2.89 bits per heavy atom. The Bertz CT molecular complexity index is 815. The van der Waals surface area contributed by atoms with Gasteiger partial charge in [0.2, 0.25) is 0 Å². The predicted molar refractivity (Wildman–Crippen MR) is 107 cm³/mol. The lowest BCUT2D eigenvalue weighted by Gasteiger charge is -2.44. The van der Waals surface area contributed by atoms with Crippen molar-refractivity contribution in [2.24, 2.45) is 0 Å². The topological polar surface area (TPSA) is 66.0 Å². The van der Waals surface area contributed by atoms with Gasteiger partial charge in [0.25, 0.3) is 0 Å². The first-order valence-corrected chi connectivity index (χ1v) is 10.2. The van der Waals surface area contributed by atoms with Crippen LogP contribution in [0.15, 0.2) is 24.5 Å². The summed E-state index contributed by atoms with van der Waals surface area (Å²) in [7, 11) is 2.28. The van der Waals surface area contributed by atoms with Gasteiger partial charge in [-0.15, -0.1) is 0 Å². The molecule has 142 valence electrons. The molecule has 2 unspecified atom stereocenters. The minimum absolute atomic E-state index is 0.200. The van der Waals surface area contributed by atoms with E-state index in [0.717, 1.165) is 49.7 Å². The number of fused-ring (bicyclic) bond motifs is 1. The fraction of sp³-hybridized carbons (Fsp3) is 0.571. The molecule has 2 aromatic rings. The Morgan fingerprint density at radius 2 is 2.07 bits per heavy atom. The second-order valence-corrected chi connectivity index (χ2v) is 8.20. The number of hydrogen-bond donors (Lipinski definition) is 2. The first-order valence-electron chi connectivity index (χ1n) is 10.2. The molecule has 6 nitrogen and oxygen atoms in total. The first kappa shape index (κ1) is 17.1. The number of nitrogens with zero attached hydrogens (tertiary/aromatic N) is 4. The number of likely N-dealkylation sites (N-methyl/N-ethyl adjacent to an activating group) is 1. The highest BCUT2D eigenvalue weighted by molar-refractivity contribution is 5.60. The summed E-state index contributed by atoms with van der Waals surface area (Å²) in [6, 6.07) is 4.42. The van der Waals surface area contributed by atoms with Crippen LogP contribution in [-0.4, -0.2) is 58.1 Å². The number of pyridine rings is 1. The molecule has 2 aromatic heterocycles. The fourth-order valence-corrected chi connectivity index (χ4v) is 5.17. The van der Waals surface area contributed by atoms with Crippen molar-refractivity contribution in [3.05, 3.63) is 35.8 Å². The van der Waals surface area contributed by atoms with Gasteiger partial charge in [-0.1, -0.05) is 0 Å². The molecule has 1 spiro atoms. The molecule has 4 heterocycles. The van der Waals surface area contributed by atoms with Crippen LogP contribution < -0.4 is 10.6 Å². The molecule has 0 saturated carbocycles. The van der Waals surface area contributed by atoms with Crippen molar-refractivity contribution >= 4 is 5.82 Å². The molecular formula is C21H28N6. The molecule has 6 heteroatoms. The van der Waals surface area contributed by atoms with Crippen molar-refractivity contribution < 1.29 is 0 Å². The van der Waals surface area contributed by atoms with Crippen molar-refractivity contribution in [3.63, 3.8) is 0 Å². The van der Waals surface area contributed by atoms with Crippen LogP contribution in [0, 0.1) is 0 Å². The van der Waals surface area contributed by atoms with Gasteiger partial charge in [0, 0.05) is 48.3 Å². The van der Waals surface area contributed by atoms with Gasteiger partial charge in [-0.25, -0.2) is 9.97 Å². The molecular weight excluding hydrogens is 336 g/mol. The highest BCUT2D eigenvalue weighted by atomic mass is 15.3. The standard InChI is InChI=1S/C21H28N6/c1-27-13-8-18(21(27)9-3-10-23-14-21)25-20-16-4-2-5-17(16)24-19(26-20)15-6-11-22-12-7-15/h6-7,11-12,18,23H,2-5,8-10,13-14H2,1H3,(H,24,25,26). The summed E-state index contributed by atoms with van der Waals surface area (Å²) in [5.74, 6) is 1.89. The van der Waals surface area contributed by atoms with E-state index in [2.05, 4.69) is 27.6 Å². The molecule has 1 aliphatic carbocycles. The van der Waals surface area contributed by atoms with Gasteiger partial charge in [0.1, 0.15) is 5.82 Å². The zero-order chi connectivity index (χ0) is 18.3. The number of hydrogen-bond acceptors (Lipinski definition) is 6. The minimum atomic E-state index is 0.200. The Kier molecular flexibility index (Phi) is 4.32. The lowest BCUT2D eigenvalue weighted by Crippen LogP contribution is -2.60. The summed E-state index contributed by atoms with van der Waals surface area (Å²) in [6.45, 7) is 3.34. The third-order valence-electron chi connectivity index (χ3n) is 6.74. The van der Waals surface area contributed by atoms with E-state index in [9.17, 15) is 0 Å². The smallest absolute Gasteiger partial charge is 0.161 e. The van der Waals surface area contributed by atoms with Crippen LogP contribution in [0.2, 0.25) is 0 Å². The van der Waals surface area contributed by atoms with Gasteiger partial charge in [-0.3, -0.25) is 9.88 Å². The number of anilines is 1. The van der Waals surface area contributed by atoms with Crippen molar-refractivity contribution in [3.8, 4) is 11.4 Å². The summed E-state index contributed by atoms with van der Waals surface area (Å²) in [5, 5.41) is 7.53. The van der Waals surface area contributed by atoms with Crippen molar-refractivity contribution in [1.29, 1.82) is 0 Å². The molecule has 3 aliphatic rings. The van der Waals surface area contributed by atoms with Crippen LogP contribution in [0.1, 0.15) is 36.9 Å². The van der Waals surface area contributed by atoms with Gasteiger partial charge < -0.3 is 10.6 Å². The lowest BCUT2D eigenvalue weighted by molar-refractivity contribution is 0.125. The van der Waals surface area contributed by atoms with Crippen LogP contribution in [0.5, 0.6) is 0 Å². The number of aryl methyl sites for hydroxylation is 1. The van der Waals surface area contributed by atoms with Crippen molar-refractivity contribution in [2.45, 2.75) is 50.1 Å². The minimum Gasteiger partial charge on any atom is -0.365 e. The Balaban J connectivity index is 1.50. The monoisotopic (exact) mass is 364 g/mol. The summed E-state index contributed by atoms with van der Waals surface area (Å²) >= 11 is 0. The maximum absolute atomic E-state index is 4.99. The Morgan fingerprint density at radius 1 is 1.19 bits per heavy atom. The number of rotatable bonds is 3. The van der Waals surface area contributed by atoms with E-state index in [4.69, 9.17) is 9.97 Å². The highest BCUT2D eigenvalue weighted by Crippen LogP contribution is 2.37. The van der Waals surface area contributed by atoms with Crippen LogP contribution in [0.3, 0.4) is 0 Å². The van der Waals surface area contributed by atoms with Gasteiger partial charge in [0.15, 0.2) is 5.82 Å². The SMILES string of the molecule is CN1CCC(Nc2nc(-c3ccncc3)nc3c2CCC3)C12CCCNC2. The van der Waals surface area contributed by atoms with Crippen LogP contribution in [-0.2, 0) is 12.8 Å². The van der Waals surface area contributed by atoms with E-state index in [1.54, 1.807) is 0 Å². The maximum atomic E-state index is 4.99. The van der Waals surface area contributed by atoms with Crippen LogP contribution >= 0.6 is 0 Å². The van der Waals surface area contributed by atoms with E-state index in [0.29, 0.717) is 6.04 Å². The molecule has 5 rings (SSSR count). The van der Waals surface area contributed by atoms with E-state index in [1.807, 2.05) is 24.5 Å². The van der Waals surface area contributed by atoms with Crippen LogP contribution in [0.25, 0.3) is 11.4 Å². The van der Waals surface area contributed by atoms with E-state index in [1.165, 1.54) is 36.9 Å². The Hall–Kier alpha value is -2.05. The maximum Gasteiger partial charge on any atom is 0.161 e. The molecule has 2 atom stereocenters. The number of nitrogens with one attached hydrogen (secondary N) is 2. The summed E-state index contributed by atoms with van der Waals surface area (Å²) in [6.07, 6.45) is 10.6. The normalized spacial score (nSPS) is 27.8. The van der Waals surface area contributed by atoms with Crippen LogP contribution in [0.4, 0.5) is 5.82 Å². The fourth-order valence-electron chi connectivity index (χ4n) is 5.17. The molecule has 0 radical (unpaired) electrons. The zero-order valence-corrected chi connectivity index (χ0v) is 16.0. The van der Waals surface area contributed by atoms with Crippen molar-refractivity contribution in [1.82, 2.24) is 25.2 Å². The van der Waals surface area contributed by atoms with Gasteiger partial charge in [0.05, 0.1) is 5.54 Å². The summed E-state index contributed by atoms with van der Waals surface area (Å²) < 4.78 is 0. The number of likely N-dealkylation sites (tertiary alicyclic amines) is 1. The second-order valence-electron chi connectivity index (χ2n) is 8.20. The average molecular weight is 364 g/mol. The molecule has 2 aliphatic heterocycles. The number of piperidine rings is 1. The second kappa shape index (κ2) is 6.84. The molecule has 0 aromatic carbocycles. The largest absolute Gasteiger partial charge is 0.365 e. The van der Waals surface area contributed by atoms with Gasteiger partial charge in [-0.05, 0) is 64.3 Å². The van der Waals surface area contributed by atoms with Gasteiger partial charge in [-0.2, -0.15) is 0 Å². The predicted octanol–water partition coefficient (Wildman–Crippen LogP) is 2.27. The van der Waals surface area contributed by atoms with E-state index >= 15 is 0 Å². The number of aromatic nitrogens is 3. The van der Waals surface area contributed by atoms with Gasteiger partial charge >= 0.3 is 0 Å². The molecule has 0 amide bonds. The molecule has 2 saturated heterocycles. The quantitative estimate of drug-likeness (QED) is 0.871. The zero-order valence-electron chi connectivity index (χ0n) is 16.0. The molecule has 2 fully saturated rings. The highest BCUT2D eigenvalue weighted by Gasteiger charge is 2.47. The van der Waals surface area contributed by atoms with Crippen molar-refractivity contribution in [2.75, 3.05) is 32.0 Å². The Labute approximate surface area is 160 Å². The van der Waals surface area contributed by atoms with E-state index < -0.39 is 0 Å².